The second-order valence-electron chi connectivity index (χ2n) is 9.06. The predicted molar refractivity (Wildman–Crippen MR) is 119 cm³/mol. The molecular weight excluding hydrogens is 396 g/mol. The van der Waals surface area contributed by atoms with E-state index in [0.29, 0.717) is 28.9 Å². The molecule has 1 aromatic heterocycles. The van der Waals surface area contributed by atoms with Gasteiger partial charge in [0.1, 0.15) is 23.5 Å². The fourth-order valence-electron chi connectivity index (χ4n) is 4.51. The van der Waals surface area contributed by atoms with Crippen LogP contribution >= 0.6 is 0 Å². The monoisotopic (exact) mass is 430 g/mol. The normalized spacial score (nSPS) is 20.9. The van der Waals surface area contributed by atoms with Crippen molar-refractivity contribution >= 4 is 16.9 Å². The lowest BCUT2D eigenvalue weighted by Crippen LogP contribution is -2.41. The highest BCUT2D eigenvalue weighted by Gasteiger charge is 2.43. The Balaban J connectivity index is 2.08. The number of carbonyl (C=O) groups excluding carboxylic acids is 1. The third kappa shape index (κ3) is 4.96. The molecule has 6 nitrogen and oxygen atoms in total. The van der Waals surface area contributed by atoms with E-state index >= 15 is 0 Å². The maximum absolute atomic E-state index is 11.4. The Morgan fingerprint density at radius 1 is 1.35 bits per heavy atom. The van der Waals surface area contributed by atoms with Crippen LogP contribution in [0.1, 0.15) is 82.9 Å². The number of rotatable bonds is 9. The first-order valence-corrected chi connectivity index (χ1v) is 11.0. The van der Waals surface area contributed by atoms with E-state index in [0.717, 1.165) is 30.2 Å². The van der Waals surface area contributed by atoms with Gasteiger partial charge in [-0.1, -0.05) is 11.6 Å². The van der Waals surface area contributed by atoms with Gasteiger partial charge in [0.2, 0.25) is 0 Å². The van der Waals surface area contributed by atoms with E-state index in [-0.39, 0.29) is 19.1 Å². The number of benzene rings is 1. The van der Waals surface area contributed by atoms with Crippen LogP contribution in [0.4, 0.5) is 0 Å². The third-order valence-corrected chi connectivity index (χ3v) is 6.15. The maximum Gasteiger partial charge on any atom is 0.302 e. The van der Waals surface area contributed by atoms with Gasteiger partial charge >= 0.3 is 5.97 Å². The van der Waals surface area contributed by atoms with Crippen molar-refractivity contribution in [2.24, 2.45) is 0 Å². The van der Waals surface area contributed by atoms with Crippen LogP contribution < -0.4 is 4.74 Å². The number of furan rings is 1. The van der Waals surface area contributed by atoms with Crippen molar-refractivity contribution in [1.29, 1.82) is 0 Å². The molecule has 31 heavy (non-hydrogen) atoms. The minimum absolute atomic E-state index is 0.0329. The topological polar surface area (TPSA) is 89.1 Å². The quantitative estimate of drug-likeness (QED) is 0.423. The lowest BCUT2D eigenvalue weighted by Gasteiger charge is -2.42. The molecule has 0 aliphatic carbocycles. The summed E-state index contributed by atoms with van der Waals surface area (Å²) in [6.07, 6.45) is 6.70. The molecule has 0 fully saturated rings. The minimum Gasteiger partial charge on any atom is -0.486 e. The van der Waals surface area contributed by atoms with E-state index in [2.05, 4.69) is 26.8 Å². The number of aliphatic hydroxyl groups is 2. The summed E-state index contributed by atoms with van der Waals surface area (Å²) in [6.45, 7) is 9.27. The Morgan fingerprint density at radius 3 is 2.71 bits per heavy atom. The summed E-state index contributed by atoms with van der Waals surface area (Å²) in [7, 11) is 0. The summed E-state index contributed by atoms with van der Waals surface area (Å²) < 4.78 is 17.8. The van der Waals surface area contributed by atoms with Crippen LogP contribution in [-0.4, -0.2) is 27.9 Å². The Kier molecular flexibility index (Phi) is 7.12. The summed E-state index contributed by atoms with van der Waals surface area (Å²) in [4.78, 5) is 11.4. The standard InChI is InChI=1S/C25H34O6/c1-15(2)7-6-10-25(5)21(9-8-16(3)27)20-14-30-24-19(13-29-17(4)28)18(12-26)11-22(31-25)23(20)24/h7,11,14,16,21,26-27H,6,8-10,12-13H2,1-5H3. The molecule has 2 N–H and O–H groups in total. The highest BCUT2D eigenvalue weighted by atomic mass is 16.5. The summed E-state index contributed by atoms with van der Waals surface area (Å²) in [5, 5.41) is 20.7. The van der Waals surface area contributed by atoms with E-state index in [4.69, 9.17) is 13.9 Å². The van der Waals surface area contributed by atoms with Crippen LogP contribution in [0.15, 0.2) is 28.4 Å². The predicted octanol–water partition coefficient (Wildman–Crippen LogP) is 5.13. The van der Waals surface area contributed by atoms with Crippen LogP contribution in [0.3, 0.4) is 0 Å². The van der Waals surface area contributed by atoms with Crippen molar-refractivity contribution in [1.82, 2.24) is 0 Å². The molecule has 3 unspecified atom stereocenters. The first kappa shape index (κ1) is 23.4. The second-order valence-corrected chi connectivity index (χ2v) is 9.06. The first-order valence-electron chi connectivity index (χ1n) is 11.0. The molecule has 0 saturated heterocycles. The van der Waals surface area contributed by atoms with E-state index in [1.165, 1.54) is 12.5 Å². The number of carbonyl (C=O) groups is 1. The number of ether oxygens (including phenoxy) is 2. The van der Waals surface area contributed by atoms with Crippen molar-refractivity contribution in [3.05, 3.63) is 40.7 Å². The molecule has 2 aromatic rings. The molecule has 6 heteroatoms. The van der Waals surface area contributed by atoms with Crippen LogP contribution in [-0.2, 0) is 22.7 Å². The number of hydrogen-bond acceptors (Lipinski definition) is 6. The molecule has 0 saturated carbocycles. The highest BCUT2D eigenvalue weighted by molar-refractivity contribution is 5.92. The lowest BCUT2D eigenvalue weighted by atomic mass is 9.75. The summed E-state index contributed by atoms with van der Waals surface area (Å²) in [5.41, 5.74) is 3.71. The first-order chi connectivity index (χ1) is 14.7. The largest absolute Gasteiger partial charge is 0.486 e. The second kappa shape index (κ2) is 9.45. The summed E-state index contributed by atoms with van der Waals surface area (Å²) in [5.74, 6) is 0.336. The van der Waals surface area contributed by atoms with Crippen molar-refractivity contribution < 1.29 is 28.9 Å². The van der Waals surface area contributed by atoms with Gasteiger partial charge in [-0.25, -0.2) is 0 Å². The average molecular weight is 431 g/mol. The van der Waals surface area contributed by atoms with E-state index in [9.17, 15) is 15.0 Å². The lowest BCUT2D eigenvalue weighted by molar-refractivity contribution is -0.142. The van der Waals surface area contributed by atoms with Crippen LogP contribution in [0.2, 0.25) is 0 Å². The van der Waals surface area contributed by atoms with Gasteiger partial charge in [0.05, 0.1) is 24.4 Å². The van der Waals surface area contributed by atoms with Gasteiger partial charge in [0.25, 0.3) is 0 Å². The third-order valence-electron chi connectivity index (χ3n) is 6.15. The fourth-order valence-corrected chi connectivity index (χ4v) is 4.51. The zero-order valence-electron chi connectivity index (χ0n) is 19.2. The van der Waals surface area contributed by atoms with Crippen molar-refractivity contribution in [3.63, 3.8) is 0 Å². The molecule has 0 radical (unpaired) electrons. The van der Waals surface area contributed by atoms with Gasteiger partial charge in [-0.05, 0) is 65.0 Å². The Hall–Kier alpha value is -2.31. The van der Waals surface area contributed by atoms with Crippen LogP contribution in [0.25, 0.3) is 11.0 Å². The van der Waals surface area contributed by atoms with Crippen molar-refractivity contribution in [3.8, 4) is 5.75 Å². The molecule has 1 aliphatic heterocycles. The number of esters is 1. The maximum atomic E-state index is 11.4. The molecular formula is C25H34O6. The molecule has 2 heterocycles. The number of allylic oxidation sites excluding steroid dienone is 2. The zero-order valence-corrected chi connectivity index (χ0v) is 19.2. The van der Waals surface area contributed by atoms with E-state index < -0.39 is 17.7 Å². The van der Waals surface area contributed by atoms with Crippen molar-refractivity contribution in [2.45, 2.75) is 91.1 Å². The van der Waals surface area contributed by atoms with Gasteiger partial charge in [-0.2, -0.15) is 0 Å². The Morgan fingerprint density at radius 2 is 2.10 bits per heavy atom. The van der Waals surface area contributed by atoms with Crippen LogP contribution in [0.5, 0.6) is 5.75 Å². The molecule has 1 aliphatic rings. The van der Waals surface area contributed by atoms with E-state index in [1.807, 2.05) is 6.07 Å². The summed E-state index contributed by atoms with van der Waals surface area (Å²) >= 11 is 0. The molecule has 0 amide bonds. The van der Waals surface area contributed by atoms with E-state index in [1.54, 1.807) is 13.2 Å². The van der Waals surface area contributed by atoms with Gasteiger partial charge in [-0.3, -0.25) is 4.79 Å². The molecule has 3 rings (SSSR count). The average Bonchev–Trinajstić information content (AvgIpc) is 3.11. The van der Waals surface area contributed by atoms with Gasteiger partial charge < -0.3 is 24.1 Å². The number of hydrogen-bond donors (Lipinski definition) is 2. The van der Waals surface area contributed by atoms with Gasteiger partial charge in [-0.15, -0.1) is 0 Å². The number of aliphatic hydroxyl groups excluding tert-OH is 2. The minimum atomic E-state index is -0.477. The Labute approximate surface area is 183 Å². The molecule has 0 bridgehead atoms. The van der Waals surface area contributed by atoms with Gasteiger partial charge in [0.15, 0.2) is 0 Å². The molecule has 0 spiro atoms. The van der Waals surface area contributed by atoms with Crippen molar-refractivity contribution in [2.75, 3.05) is 0 Å². The fraction of sp³-hybridized carbons (Fsp3) is 0.560. The Bertz CT molecular complexity index is 966. The zero-order chi connectivity index (χ0) is 22.8. The molecule has 170 valence electrons. The summed E-state index contributed by atoms with van der Waals surface area (Å²) in [6, 6.07) is 1.84. The van der Waals surface area contributed by atoms with Gasteiger partial charge in [0, 0.05) is 24.0 Å². The SMILES string of the molecule is CC(=O)OCc1c(CO)cc2c3c(coc13)C(CCC(C)O)C(C)(CCC=C(C)C)O2. The van der Waals surface area contributed by atoms with Crippen LogP contribution in [0, 0.1) is 0 Å². The smallest absolute Gasteiger partial charge is 0.302 e. The molecule has 1 aromatic carbocycles. The highest BCUT2D eigenvalue weighted by Crippen LogP contribution is 2.51. The molecule has 3 atom stereocenters.